The number of morpholine rings is 1. The van der Waals surface area contributed by atoms with Crippen molar-refractivity contribution in [2.75, 3.05) is 36.3 Å². The first kappa shape index (κ1) is 27.2. The van der Waals surface area contributed by atoms with Gasteiger partial charge in [0.05, 0.1) is 27.9 Å². The molecule has 14 heteroatoms. The molecular formula is C24H24N4O8S2. The third-order valence-electron chi connectivity index (χ3n) is 5.77. The lowest BCUT2D eigenvalue weighted by molar-refractivity contribution is -0.385. The van der Waals surface area contributed by atoms with E-state index in [0.29, 0.717) is 18.8 Å². The Kier molecular flexibility index (Phi) is 7.78. The van der Waals surface area contributed by atoms with Crippen LogP contribution in [0.4, 0.5) is 17.1 Å². The average molecular weight is 561 g/mol. The molecule has 0 spiro atoms. The number of non-ortho nitro benzene ring substituents is 1. The summed E-state index contributed by atoms with van der Waals surface area (Å²) in [6.45, 7) is 2.79. The first-order chi connectivity index (χ1) is 18.0. The molecule has 3 aromatic carbocycles. The van der Waals surface area contributed by atoms with Crippen LogP contribution < -0.4 is 10.0 Å². The van der Waals surface area contributed by atoms with Crippen LogP contribution in [-0.2, 0) is 24.8 Å². The summed E-state index contributed by atoms with van der Waals surface area (Å²) >= 11 is 0. The van der Waals surface area contributed by atoms with Gasteiger partial charge in [-0.1, -0.05) is 12.1 Å². The van der Waals surface area contributed by atoms with Crippen LogP contribution in [0.15, 0.2) is 76.5 Å². The molecule has 1 aliphatic rings. The topological polar surface area (TPSA) is 165 Å². The van der Waals surface area contributed by atoms with Gasteiger partial charge in [0.1, 0.15) is 0 Å². The number of hydrogen-bond acceptors (Lipinski definition) is 8. The molecular weight excluding hydrogens is 536 g/mol. The second-order valence-corrected chi connectivity index (χ2v) is 12.0. The summed E-state index contributed by atoms with van der Waals surface area (Å²) in [7, 11) is -7.88. The van der Waals surface area contributed by atoms with Crippen LogP contribution in [0.25, 0.3) is 0 Å². The van der Waals surface area contributed by atoms with E-state index < -0.39 is 30.9 Å². The zero-order valence-electron chi connectivity index (χ0n) is 20.2. The molecule has 12 nitrogen and oxygen atoms in total. The number of rotatable bonds is 8. The van der Waals surface area contributed by atoms with Gasteiger partial charge in [-0.3, -0.25) is 19.6 Å². The van der Waals surface area contributed by atoms with Gasteiger partial charge in [-0.15, -0.1) is 0 Å². The number of amides is 1. The molecule has 1 saturated heterocycles. The zero-order valence-corrected chi connectivity index (χ0v) is 21.8. The van der Waals surface area contributed by atoms with Crippen LogP contribution in [0, 0.1) is 17.0 Å². The third kappa shape index (κ3) is 5.99. The Hall–Kier alpha value is -3.85. The highest BCUT2D eigenvalue weighted by molar-refractivity contribution is 7.92. The van der Waals surface area contributed by atoms with Crippen molar-refractivity contribution in [2.24, 2.45) is 0 Å². The summed E-state index contributed by atoms with van der Waals surface area (Å²) in [4.78, 5) is 22.8. The number of carbonyl (C=O) groups is 1. The Morgan fingerprint density at radius 3 is 2.26 bits per heavy atom. The fraction of sp³-hybridized carbons (Fsp3) is 0.208. The lowest BCUT2D eigenvalue weighted by Crippen LogP contribution is -2.40. The number of anilines is 2. The molecule has 0 saturated carbocycles. The van der Waals surface area contributed by atoms with E-state index in [-0.39, 0.29) is 45.5 Å². The number of ether oxygens (including phenoxy) is 1. The van der Waals surface area contributed by atoms with E-state index in [1.54, 1.807) is 19.1 Å². The van der Waals surface area contributed by atoms with Gasteiger partial charge < -0.3 is 10.1 Å². The van der Waals surface area contributed by atoms with Crippen LogP contribution in [0.1, 0.15) is 15.9 Å². The first-order valence-electron chi connectivity index (χ1n) is 11.3. The van der Waals surface area contributed by atoms with Crippen molar-refractivity contribution >= 4 is 43.0 Å². The summed E-state index contributed by atoms with van der Waals surface area (Å²) in [5, 5.41) is 13.6. The lowest BCUT2D eigenvalue weighted by atomic mass is 10.2. The normalized spacial score (nSPS) is 14.6. The SMILES string of the molecule is Cc1ccc(NC(=O)c2ccc(NS(=O)(=O)c3cccc([N+](=O)[O-])c3)cc2)cc1S(=O)(=O)N1CCOCC1. The maximum absolute atomic E-state index is 13.1. The molecule has 3 aromatic rings. The fourth-order valence-corrected chi connectivity index (χ4v) is 6.51. The van der Waals surface area contributed by atoms with E-state index in [4.69, 9.17) is 4.74 Å². The molecule has 200 valence electrons. The van der Waals surface area contributed by atoms with Gasteiger partial charge >= 0.3 is 0 Å². The smallest absolute Gasteiger partial charge is 0.270 e. The van der Waals surface area contributed by atoms with E-state index in [1.165, 1.54) is 52.8 Å². The Labute approximate surface area is 219 Å². The predicted molar refractivity (Wildman–Crippen MR) is 139 cm³/mol. The quantitative estimate of drug-likeness (QED) is 0.313. The second-order valence-electron chi connectivity index (χ2n) is 8.39. The van der Waals surface area contributed by atoms with Crippen LogP contribution in [0.5, 0.6) is 0 Å². The average Bonchev–Trinajstić information content (AvgIpc) is 2.90. The van der Waals surface area contributed by atoms with Gasteiger partial charge in [0.25, 0.3) is 21.6 Å². The molecule has 0 atom stereocenters. The molecule has 1 amide bonds. The van der Waals surface area contributed by atoms with E-state index in [2.05, 4.69) is 10.0 Å². The van der Waals surface area contributed by atoms with Gasteiger partial charge in [-0.2, -0.15) is 4.31 Å². The Morgan fingerprint density at radius 2 is 1.61 bits per heavy atom. The van der Waals surface area contributed by atoms with Crippen molar-refractivity contribution in [3.63, 3.8) is 0 Å². The first-order valence-corrected chi connectivity index (χ1v) is 14.3. The van der Waals surface area contributed by atoms with Gasteiger partial charge in [-0.25, -0.2) is 16.8 Å². The largest absolute Gasteiger partial charge is 0.379 e. The van der Waals surface area contributed by atoms with Crippen molar-refractivity contribution in [2.45, 2.75) is 16.7 Å². The highest BCUT2D eigenvalue weighted by Crippen LogP contribution is 2.25. The minimum absolute atomic E-state index is 0.0862. The number of sulfonamides is 2. The predicted octanol–water partition coefficient (Wildman–Crippen LogP) is 2.98. The number of nitro groups is 1. The van der Waals surface area contributed by atoms with Gasteiger partial charge in [-0.05, 0) is 55.0 Å². The van der Waals surface area contributed by atoms with Crippen molar-refractivity contribution in [3.8, 4) is 0 Å². The molecule has 1 fully saturated rings. The van der Waals surface area contributed by atoms with Gasteiger partial charge in [0, 0.05) is 42.2 Å². The molecule has 0 aromatic heterocycles. The molecule has 1 heterocycles. The standard InChI is InChI=1S/C24H24N4O8S2/c1-17-5-8-20(15-23(17)38(34,35)27-11-13-36-14-12-27)25-24(29)18-6-9-19(10-7-18)26-37(32,33)22-4-2-3-21(16-22)28(30)31/h2-10,15-16,26H,11-14H2,1H3,(H,25,29). The van der Waals surface area contributed by atoms with E-state index in [1.807, 2.05) is 0 Å². The number of aryl methyl sites for hydroxylation is 1. The van der Waals surface area contributed by atoms with Crippen molar-refractivity contribution < 1.29 is 31.3 Å². The third-order valence-corrected chi connectivity index (χ3v) is 9.19. The molecule has 4 rings (SSSR count). The Morgan fingerprint density at radius 1 is 0.947 bits per heavy atom. The van der Waals surface area contributed by atoms with E-state index in [9.17, 15) is 31.7 Å². The van der Waals surface area contributed by atoms with Gasteiger partial charge in [0.2, 0.25) is 10.0 Å². The molecule has 2 N–H and O–H groups in total. The highest BCUT2D eigenvalue weighted by atomic mass is 32.2. The number of benzene rings is 3. The molecule has 0 bridgehead atoms. The van der Waals surface area contributed by atoms with Crippen molar-refractivity contribution in [1.82, 2.24) is 4.31 Å². The van der Waals surface area contributed by atoms with E-state index >= 15 is 0 Å². The molecule has 0 radical (unpaired) electrons. The number of nitrogens with zero attached hydrogens (tertiary/aromatic N) is 2. The lowest BCUT2D eigenvalue weighted by Gasteiger charge is -2.26. The Balaban J connectivity index is 1.48. The van der Waals surface area contributed by atoms with Crippen LogP contribution in [0.3, 0.4) is 0 Å². The van der Waals surface area contributed by atoms with Crippen LogP contribution in [0.2, 0.25) is 0 Å². The molecule has 0 aliphatic carbocycles. The van der Waals surface area contributed by atoms with Crippen molar-refractivity contribution in [3.05, 3.63) is 88.0 Å². The summed E-state index contributed by atoms with van der Waals surface area (Å²) in [5.41, 5.74) is 0.790. The Bertz CT molecular complexity index is 1580. The number of nitrogens with one attached hydrogen (secondary N) is 2. The zero-order chi connectivity index (χ0) is 27.5. The number of carbonyl (C=O) groups excluding carboxylic acids is 1. The number of nitro benzene ring substituents is 1. The molecule has 1 aliphatic heterocycles. The van der Waals surface area contributed by atoms with Crippen molar-refractivity contribution in [1.29, 1.82) is 0 Å². The second kappa shape index (κ2) is 10.9. The van der Waals surface area contributed by atoms with Gasteiger partial charge in [0.15, 0.2) is 0 Å². The summed E-state index contributed by atoms with van der Waals surface area (Å²) in [6.07, 6.45) is 0. The monoisotopic (exact) mass is 560 g/mol. The summed E-state index contributed by atoms with van der Waals surface area (Å²) < 4.78 is 60.3. The molecule has 38 heavy (non-hydrogen) atoms. The van der Waals surface area contributed by atoms with Crippen LogP contribution in [-0.4, -0.2) is 58.3 Å². The maximum Gasteiger partial charge on any atom is 0.270 e. The maximum atomic E-state index is 13.1. The minimum atomic E-state index is -4.11. The fourth-order valence-electron chi connectivity index (χ4n) is 3.75. The van der Waals surface area contributed by atoms with Crippen LogP contribution >= 0.6 is 0 Å². The summed E-state index contributed by atoms with van der Waals surface area (Å²) in [5.74, 6) is -0.531. The summed E-state index contributed by atoms with van der Waals surface area (Å²) in [6, 6.07) is 14.7. The number of hydrogen-bond donors (Lipinski definition) is 2. The highest BCUT2D eigenvalue weighted by Gasteiger charge is 2.28. The molecule has 0 unspecified atom stereocenters. The van der Waals surface area contributed by atoms with E-state index in [0.717, 1.165) is 6.07 Å². The minimum Gasteiger partial charge on any atom is -0.379 e.